The molecule has 0 bridgehead atoms. The second kappa shape index (κ2) is 5.25. The minimum absolute atomic E-state index is 0.108. The molecule has 2 aromatic rings. The second-order valence-electron chi connectivity index (χ2n) is 5.00. The second-order valence-corrected chi connectivity index (χ2v) is 5.36. The zero-order valence-corrected chi connectivity index (χ0v) is 11.5. The summed E-state index contributed by atoms with van der Waals surface area (Å²) in [6, 6.07) is 3.98. The van der Waals surface area contributed by atoms with Gasteiger partial charge in [-0.05, 0) is 30.9 Å². The molecule has 0 aliphatic heterocycles. The van der Waals surface area contributed by atoms with Gasteiger partial charge in [0.2, 0.25) is 0 Å². The normalized spacial score (nSPS) is 15.1. The quantitative estimate of drug-likeness (QED) is 0.879. The molecule has 0 radical (unpaired) electrons. The Morgan fingerprint density at radius 3 is 2.85 bits per heavy atom. The monoisotopic (exact) mass is 291 g/mol. The van der Waals surface area contributed by atoms with Crippen LogP contribution in [0.2, 0.25) is 5.15 Å². The van der Waals surface area contributed by atoms with Crippen molar-refractivity contribution in [1.82, 2.24) is 14.8 Å². The van der Waals surface area contributed by atoms with Crippen molar-refractivity contribution in [1.29, 1.82) is 0 Å². The molecule has 1 N–H and O–H groups in total. The van der Waals surface area contributed by atoms with Gasteiger partial charge in [-0.25, -0.2) is 9.78 Å². The van der Waals surface area contributed by atoms with Crippen molar-refractivity contribution in [3.63, 3.8) is 0 Å². The van der Waals surface area contributed by atoms with Crippen LogP contribution >= 0.6 is 11.6 Å². The van der Waals surface area contributed by atoms with Gasteiger partial charge in [-0.1, -0.05) is 17.7 Å². The van der Waals surface area contributed by atoms with Crippen LogP contribution in [0.25, 0.3) is 0 Å². The van der Waals surface area contributed by atoms with Crippen molar-refractivity contribution in [2.45, 2.75) is 31.7 Å². The van der Waals surface area contributed by atoms with E-state index in [4.69, 9.17) is 11.6 Å². The van der Waals surface area contributed by atoms with Crippen LogP contribution in [-0.2, 0) is 6.42 Å². The fourth-order valence-electron chi connectivity index (χ4n) is 2.33. The van der Waals surface area contributed by atoms with Gasteiger partial charge in [0.25, 0.3) is 0 Å². The molecule has 1 aliphatic rings. The molecule has 104 valence electrons. The largest absolute Gasteiger partial charge is 0.476 e. The Hall–Kier alpha value is -1.88. The van der Waals surface area contributed by atoms with E-state index in [1.54, 1.807) is 16.9 Å². The number of hydrogen-bond donors (Lipinski definition) is 1. The number of nitrogens with zero attached hydrogens (tertiary/aromatic N) is 3. The molecule has 20 heavy (non-hydrogen) atoms. The van der Waals surface area contributed by atoms with Gasteiger partial charge in [-0.3, -0.25) is 4.68 Å². The lowest BCUT2D eigenvalue weighted by Crippen LogP contribution is -2.17. The molecule has 0 atom stereocenters. The van der Waals surface area contributed by atoms with Crippen LogP contribution < -0.4 is 0 Å². The Balaban J connectivity index is 1.93. The van der Waals surface area contributed by atoms with Crippen LogP contribution in [0, 0.1) is 0 Å². The van der Waals surface area contributed by atoms with E-state index in [0.29, 0.717) is 23.2 Å². The topological polar surface area (TPSA) is 68.0 Å². The van der Waals surface area contributed by atoms with Crippen LogP contribution in [-0.4, -0.2) is 25.8 Å². The molecule has 5 nitrogen and oxygen atoms in total. The zero-order valence-electron chi connectivity index (χ0n) is 10.8. The molecule has 0 spiro atoms. The lowest BCUT2D eigenvalue weighted by molar-refractivity contribution is 0.0687. The van der Waals surface area contributed by atoms with Crippen LogP contribution in [0.4, 0.5) is 0 Å². The summed E-state index contributed by atoms with van der Waals surface area (Å²) in [5.74, 6) is -1.00. The molecule has 2 heterocycles. The van der Waals surface area contributed by atoms with Gasteiger partial charge in [0, 0.05) is 24.4 Å². The van der Waals surface area contributed by atoms with Crippen LogP contribution in [0.3, 0.4) is 0 Å². The third-order valence-corrected chi connectivity index (χ3v) is 4.02. The van der Waals surface area contributed by atoms with Gasteiger partial charge in [-0.2, -0.15) is 5.10 Å². The number of carbonyl (C=O) groups is 1. The van der Waals surface area contributed by atoms with E-state index < -0.39 is 5.97 Å². The average Bonchev–Trinajstić information content (AvgIpc) is 2.74. The highest BCUT2D eigenvalue weighted by Crippen LogP contribution is 2.32. The SMILES string of the molecule is O=C(O)c1nn(C2CCC2)cc1Cc1cccnc1Cl. The Kier molecular flexibility index (Phi) is 3.44. The first-order valence-corrected chi connectivity index (χ1v) is 6.93. The fraction of sp³-hybridized carbons (Fsp3) is 0.357. The number of aromatic carboxylic acids is 1. The summed E-state index contributed by atoms with van der Waals surface area (Å²) < 4.78 is 1.78. The summed E-state index contributed by atoms with van der Waals surface area (Å²) in [5.41, 5.74) is 1.60. The highest BCUT2D eigenvalue weighted by atomic mass is 35.5. The van der Waals surface area contributed by atoms with Gasteiger partial charge in [0.15, 0.2) is 5.69 Å². The molecule has 3 rings (SSSR count). The number of pyridine rings is 1. The number of halogens is 1. The van der Waals surface area contributed by atoms with Crippen LogP contribution in [0.1, 0.15) is 46.9 Å². The van der Waals surface area contributed by atoms with E-state index in [9.17, 15) is 9.90 Å². The maximum atomic E-state index is 11.3. The summed E-state index contributed by atoms with van der Waals surface area (Å²) in [6.07, 6.45) is 7.18. The van der Waals surface area contributed by atoms with Gasteiger partial charge < -0.3 is 5.11 Å². The highest BCUT2D eigenvalue weighted by molar-refractivity contribution is 6.30. The summed E-state index contributed by atoms with van der Waals surface area (Å²) in [4.78, 5) is 15.3. The molecule has 0 unspecified atom stereocenters. The molecule has 1 fully saturated rings. The van der Waals surface area contributed by atoms with Gasteiger partial charge in [-0.15, -0.1) is 0 Å². The van der Waals surface area contributed by atoms with Crippen LogP contribution in [0.5, 0.6) is 0 Å². The molecule has 0 aromatic carbocycles. The minimum Gasteiger partial charge on any atom is -0.476 e. The van der Waals surface area contributed by atoms with E-state index in [0.717, 1.165) is 18.4 Å². The van der Waals surface area contributed by atoms with Crippen molar-refractivity contribution in [2.24, 2.45) is 0 Å². The predicted molar refractivity (Wildman–Crippen MR) is 74.1 cm³/mol. The third-order valence-electron chi connectivity index (χ3n) is 3.68. The first-order valence-electron chi connectivity index (χ1n) is 6.56. The molecule has 0 amide bonds. The predicted octanol–water partition coefficient (Wildman–Crippen LogP) is 2.95. The van der Waals surface area contributed by atoms with Crippen molar-refractivity contribution >= 4 is 17.6 Å². The molecule has 6 heteroatoms. The Morgan fingerprint density at radius 2 is 2.25 bits per heavy atom. The molecule has 1 aliphatic carbocycles. The molecule has 1 saturated carbocycles. The highest BCUT2D eigenvalue weighted by Gasteiger charge is 2.24. The Labute approximate surface area is 121 Å². The van der Waals surface area contributed by atoms with E-state index >= 15 is 0 Å². The van der Waals surface area contributed by atoms with E-state index in [1.807, 2.05) is 12.3 Å². The van der Waals surface area contributed by atoms with Crippen molar-refractivity contribution in [2.75, 3.05) is 0 Å². The molecule has 0 saturated heterocycles. The maximum absolute atomic E-state index is 11.3. The van der Waals surface area contributed by atoms with Crippen molar-refractivity contribution in [3.8, 4) is 0 Å². The van der Waals surface area contributed by atoms with Crippen molar-refractivity contribution in [3.05, 3.63) is 46.5 Å². The lowest BCUT2D eigenvalue weighted by Gasteiger charge is -2.25. The number of hydrogen-bond acceptors (Lipinski definition) is 3. The first-order chi connectivity index (χ1) is 9.65. The Bertz CT molecular complexity index is 650. The zero-order chi connectivity index (χ0) is 14.1. The van der Waals surface area contributed by atoms with E-state index in [1.165, 1.54) is 6.42 Å². The maximum Gasteiger partial charge on any atom is 0.356 e. The van der Waals surface area contributed by atoms with E-state index in [2.05, 4.69) is 10.1 Å². The van der Waals surface area contributed by atoms with Gasteiger partial charge in [0.05, 0.1) is 6.04 Å². The summed E-state index contributed by atoms with van der Waals surface area (Å²) in [6.45, 7) is 0. The number of carboxylic acids is 1. The molecular formula is C14H14ClN3O2. The van der Waals surface area contributed by atoms with Gasteiger partial charge in [0.1, 0.15) is 5.15 Å². The minimum atomic E-state index is -1.00. The van der Waals surface area contributed by atoms with Gasteiger partial charge >= 0.3 is 5.97 Å². The summed E-state index contributed by atoms with van der Waals surface area (Å²) >= 11 is 6.03. The fourth-order valence-corrected chi connectivity index (χ4v) is 2.52. The van der Waals surface area contributed by atoms with Crippen molar-refractivity contribution < 1.29 is 9.90 Å². The average molecular weight is 292 g/mol. The Morgan fingerprint density at radius 1 is 1.45 bits per heavy atom. The van der Waals surface area contributed by atoms with E-state index in [-0.39, 0.29) is 5.69 Å². The number of rotatable bonds is 4. The lowest BCUT2D eigenvalue weighted by atomic mass is 9.93. The first kappa shape index (κ1) is 13.1. The molecule has 2 aromatic heterocycles. The number of carboxylic acid groups (broad SMARTS) is 1. The number of aromatic nitrogens is 3. The summed E-state index contributed by atoms with van der Waals surface area (Å²) in [5, 5.41) is 13.9. The standard InChI is InChI=1S/C14H14ClN3O2/c15-13-9(3-2-6-16-13)7-10-8-18(11-4-1-5-11)17-12(10)14(19)20/h2-3,6,8,11H,1,4-5,7H2,(H,19,20). The smallest absolute Gasteiger partial charge is 0.356 e. The molecular weight excluding hydrogens is 278 g/mol. The third kappa shape index (κ3) is 2.41. The summed E-state index contributed by atoms with van der Waals surface area (Å²) in [7, 11) is 0. The van der Waals surface area contributed by atoms with Crippen LogP contribution in [0.15, 0.2) is 24.5 Å².